The summed E-state index contributed by atoms with van der Waals surface area (Å²) < 4.78 is 0. The van der Waals surface area contributed by atoms with E-state index in [-0.39, 0.29) is 23.7 Å². The first kappa shape index (κ1) is 14.6. The van der Waals surface area contributed by atoms with Crippen LogP contribution in [0.2, 0.25) is 0 Å². The van der Waals surface area contributed by atoms with Gasteiger partial charge >= 0.3 is 0 Å². The molecule has 0 aliphatic rings. The van der Waals surface area contributed by atoms with Gasteiger partial charge in [-0.25, -0.2) is 0 Å². The van der Waals surface area contributed by atoms with E-state index in [1.54, 1.807) is 19.1 Å². The topological polar surface area (TPSA) is 116 Å². The number of aliphatic hydroxyl groups is 1. The van der Waals surface area contributed by atoms with Crippen LogP contribution < -0.4 is 5.32 Å². The molecule has 0 radical (unpaired) electrons. The second-order valence-electron chi connectivity index (χ2n) is 4.71. The average molecular weight is 284 g/mol. The summed E-state index contributed by atoms with van der Waals surface area (Å²) in [7, 11) is 0. The number of H-pyrrole nitrogens is 1. The molecule has 1 heterocycles. The number of fused-ring (bicyclic) bond motifs is 1. The summed E-state index contributed by atoms with van der Waals surface area (Å²) in [5.74, 6) is -0.0573. The molecule has 1 aromatic heterocycles. The molecule has 0 fully saturated rings. The number of nitriles is 1. The Labute approximate surface area is 121 Å². The highest BCUT2D eigenvalue weighted by molar-refractivity contribution is 6.04. The van der Waals surface area contributed by atoms with Gasteiger partial charge in [-0.2, -0.15) is 5.26 Å². The molecule has 2 aromatic rings. The Bertz CT molecular complexity index is 738. The van der Waals surface area contributed by atoms with Gasteiger partial charge in [0.05, 0.1) is 17.4 Å². The Kier molecular flexibility index (Phi) is 4.26. The number of hydrogen-bond acceptors (Lipinski definition) is 4. The first-order chi connectivity index (χ1) is 10.0. The lowest BCUT2D eigenvalue weighted by atomic mass is 10.2. The largest absolute Gasteiger partial charge is 0.505 e. The second-order valence-corrected chi connectivity index (χ2v) is 4.71. The number of para-hydroxylation sites is 1. The van der Waals surface area contributed by atoms with Crippen LogP contribution >= 0.6 is 0 Å². The van der Waals surface area contributed by atoms with Crippen LogP contribution in [0.15, 0.2) is 29.8 Å². The molecule has 0 amide bonds. The molecule has 0 aliphatic carbocycles. The first-order valence-electron chi connectivity index (χ1n) is 6.45. The molecule has 0 saturated carbocycles. The number of aliphatic hydroxyl groups excluding tert-OH is 1. The third kappa shape index (κ3) is 3.22. The van der Waals surface area contributed by atoms with Crippen molar-refractivity contribution in [2.75, 3.05) is 6.54 Å². The van der Waals surface area contributed by atoms with E-state index < -0.39 is 6.10 Å². The average Bonchev–Trinajstić information content (AvgIpc) is 2.79. The summed E-state index contributed by atoms with van der Waals surface area (Å²) >= 11 is 0. The van der Waals surface area contributed by atoms with Gasteiger partial charge in [0.25, 0.3) is 0 Å². The van der Waals surface area contributed by atoms with E-state index >= 15 is 0 Å². The molecular formula is C15H16N4O2. The van der Waals surface area contributed by atoms with Crippen molar-refractivity contribution >= 4 is 22.8 Å². The molecule has 108 valence electrons. The number of aromatic nitrogens is 1. The quantitative estimate of drug-likeness (QED) is 0.334. The van der Waals surface area contributed by atoms with Crippen molar-refractivity contribution in [1.82, 2.24) is 10.3 Å². The van der Waals surface area contributed by atoms with Crippen molar-refractivity contribution in [1.29, 1.82) is 10.7 Å². The van der Waals surface area contributed by atoms with Crippen LogP contribution in [0.1, 0.15) is 12.6 Å². The van der Waals surface area contributed by atoms with Crippen LogP contribution in [0.25, 0.3) is 17.0 Å². The van der Waals surface area contributed by atoms with E-state index in [0.717, 1.165) is 5.52 Å². The van der Waals surface area contributed by atoms with Crippen molar-refractivity contribution in [3.8, 4) is 11.8 Å². The van der Waals surface area contributed by atoms with E-state index in [4.69, 9.17) is 10.7 Å². The van der Waals surface area contributed by atoms with Gasteiger partial charge in [-0.1, -0.05) is 12.1 Å². The third-order valence-electron chi connectivity index (χ3n) is 2.96. The molecule has 0 saturated heterocycles. The molecular weight excluding hydrogens is 268 g/mol. The van der Waals surface area contributed by atoms with Gasteiger partial charge in [0.15, 0.2) is 0 Å². The monoisotopic (exact) mass is 284 g/mol. The van der Waals surface area contributed by atoms with Crippen LogP contribution in [0.4, 0.5) is 0 Å². The number of benzene rings is 1. The zero-order valence-electron chi connectivity index (χ0n) is 11.5. The van der Waals surface area contributed by atoms with Gasteiger partial charge in [-0.3, -0.25) is 5.41 Å². The molecule has 6 heteroatoms. The Morgan fingerprint density at radius 3 is 2.86 bits per heavy atom. The number of rotatable bonds is 4. The maximum absolute atomic E-state index is 10.1. The molecule has 1 atom stereocenters. The lowest BCUT2D eigenvalue weighted by molar-refractivity contribution is 0.198. The summed E-state index contributed by atoms with van der Waals surface area (Å²) in [6.07, 6.45) is 0.791. The second kappa shape index (κ2) is 6.11. The zero-order valence-corrected chi connectivity index (χ0v) is 11.5. The van der Waals surface area contributed by atoms with Crippen LogP contribution in [0.5, 0.6) is 5.75 Å². The molecule has 0 bridgehead atoms. The number of hydrogen-bond donors (Lipinski definition) is 5. The lowest BCUT2D eigenvalue weighted by Crippen LogP contribution is -2.30. The lowest BCUT2D eigenvalue weighted by Gasteiger charge is -2.08. The Balaban J connectivity index is 2.32. The van der Waals surface area contributed by atoms with Gasteiger partial charge in [0.2, 0.25) is 0 Å². The first-order valence-corrected chi connectivity index (χ1v) is 6.45. The van der Waals surface area contributed by atoms with Crippen LogP contribution in [-0.2, 0) is 0 Å². The SMILES string of the molecule is CC(O)CNC(=N)/C(C#N)=C/c1[nH]c2ccccc2c1O. The molecule has 1 unspecified atom stereocenters. The van der Waals surface area contributed by atoms with Crippen LogP contribution in [0.3, 0.4) is 0 Å². The maximum atomic E-state index is 10.1. The summed E-state index contributed by atoms with van der Waals surface area (Å²) in [6, 6.07) is 9.13. The minimum Gasteiger partial charge on any atom is -0.505 e. The molecule has 5 N–H and O–H groups in total. The van der Waals surface area contributed by atoms with Crippen LogP contribution in [0, 0.1) is 16.7 Å². The summed E-state index contributed by atoms with van der Waals surface area (Å²) in [5.41, 5.74) is 1.19. The fourth-order valence-corrected chi connectivity index (χ4v) is 1.90. The molecule has 1 aromatic carbocycles. The van der Waals surface area contributed by atoms with Crippen molar-refractivity contribution in [2.24, 2.45) is 0 Å². The Morgan fingerprint density at radius 2 is 2.24 bits per heavy atom. The predicted molar refractivity (Wildman–Crippen MR) is 81.0 cm³/mol. The Morgan fingerprint density at radius 1 is 1.52 bits per heavy atom. The fraction of sp³-hybridized carbons (Fsp3) is 0.200. The molecule has 6 nitrogen and oxygen atoms in total. The van der Waals surface area contributed by atoms with Gasteiger partial charge < -0.3 is 20.5 Å². The van der Waals surface area contributed by atoms with E-state index in [2.05, 4.69) is 10.3 Å². The van der Waals surface area contributed by atoms with E-state index in [0.29, 0.717) is 11.1 Å². The van der Waals surface area contributed by atoms with Gasteiger partial charge in [-0.15, -0.1) is 0 Å². The van der Waals surface area contributed by atoms with Crippen molar-refractivity contribution in [3.05, 3.63) is 35.5 Å². The standard InChI is InChI=1S/C15H16N4O2/c1-9(20)8-18-15(17)10(7-16)6-13-14(21)11-4-2-3-5-12(11)19-13/h2-6,9,19-21H,8H2,1H3,(H2,17,18)/b10-6+. The van der Waals surface area contributed by atoms with Gasteiger partial charge in [0, 0.05) is 17.4 Å². The highest BCUT2D eigenvalue weighted by Crippen LogP contribution is 2.29. The molecule has 2 rings (SSSR count). The minimum absolute atomic E-state index is 0.0432. The van der Waals surface area contributed by atoms with E-state index in [1.165, 1.54) is 6.08 Å². The van der Waals surface area contributed by atoms with E-state index in [9.17, 15) is 10.2 Å². The van der Waals surface area contributed by atoms with Crippen molar-refractivity contribution < 1.29 is 10.2 Å². The molecule has 0 aliphatic heterocycles. The van der Waals surface area contributed by atoms with Crippen molar-refractivity contribution in [2.45, 2.75) is 13.0 Å². The highest BCUT2D eigenvalue weighted by atomic mass is 16.3. The van der Waals surface area contributed by atoms with Gasteiger partial charge in [-0.05, 0) is 25.1 Å². The van der Waals surface area contributed by atoms with E-state index in [1.807, 2.05) is 18.2 Å². The number of aromatic amines is 1. The number of nitrogens with one attached hydrogen (secondary N) is 3. The summed E-state index contributed by atoms with van der Waals surface area (Å²) in [4.78, 5) is 3.00. The molecule has 21 heavy (non-hydrogen) atoms. The summed E-state index contributed by atoms with van der Waals surface area (Å²) in [6.45, 7) is 1.76. The number of amidine groups is 1. The third-order valence-corrected chi connectivity index (χ3v) is 2.96. The smallest absolute Gasteiger partial charge is 0.148 e. The normalized spacial score (nSPS) is 12.9. The minimum atomic E-state index is -0.619. The van der Waals surface area contributed by atoms with Crippen LogP contribution in [-0.4, -0.2) is 33.7 Å². The predicted octanol–water partition coefficient (Wildman–Crippen LogP) is 1.73. The summed E-state index contributed by atoms with van der Waals surface area (Å²) in [5, 5.41) is 39.5. The number of aromatic hydroxyl groups is 1. The zero-order chi connectivity index (χ0) is 15.4. The van der Waals surface area contributed by atoms with Gasteiger partial charge in [0.1, 0.15) is 17.7 Å². The maximum Gasteiger partial charge on any atom is 0.148 e. The van der Waals surface area contributed by atoms with Crippen molar-refractivity contribution in [3.63, 3.8) is 0 Å². The Hall–Kier alpha value is -2.78. The molecule has 0 spiro atoms. The number of nitrogens with zero attached hydrogens (tertiary/aromatic N) is 1. The fourth-order valence-electron chi connectivity index (χ4n) is 1.90. The highest BCUT2D eigenvalue weighted by Gasteiger charge is 2.11.